The molecule has 0 atom stereocenters. The molecule has 19 heavy (non-hydrogen) atoms. The second-order valence-corrected chi connectivity index (χ2v) is 8.43. The van der Waals surface area contributed by atoms with E-state index in [2.05, 4.69) is 4.98 Å². The van der Waals surface area contributed by atoms with Gasteiger partial charge in [0.1, 0.15) is 4.21 Å². The fourth-order valence-corrected chi connectivity index (χ4v) is 5.02. The molecule has 104 valence electrons. The number of thiazole rings is 1. The van der Waals surface area contributed by atoms with Crippen molar-refractivity contribution in [1.29, 1.82) is 0 Å². The van der Waals surface area contributed by atoms with Crippen LogP contribution in [0.3, 0.4) is 0 Å². The summed E-state index contributed by atoms with van der Waals surface area (Å²) in [7, 11) is -1.87. The van der Waals surface area contributed by atoms with Gasteiger partial charge in [0.2, 0.25) is 0 Å². The molecule has 0 aromatic carbocycles. The number of nitrogens with two attached hydrogens (primary N) is 1. The maximum absolute atomic E-state index is 12.4. The van der Waals surface area contributed by atoms with Crippen LogP contribution in [0, 0.1) is 6.92 Å². The molecule has 0 saturated heterocycles. The lowest BCUT2D eigenvalue weighted by Gasteiger charge is -2.15. The van der Waals surface area contributed by atoms with E-state index in [1.54, 1.807) is 24.7 Å². The second-order valence-electron chi connectivity index (χ2n) is 4.05. The predicted molar refractivity (Wildman–Crippen MR) is 77.7 cm³/mol. The van der Waals surface area contributed by atoms with Crippen LogP contribution in [0.1, 0.15) is 15.4 Å². The smallest absolute Gasteiger partial charge is 0.252 e. The molecule has 8 heteroatoms. The quantitative estimate of drug-likeness (QED) is 0.912. The molecule has 0 saturated carbocycles. The van der Waals surface area contributed by atoms with E-state index < -0.39 is 10.0 Å². The summed E-state index contributed by atoms with van der Waals surface area (Å²) in [6.45, 7) is 2.58. The number of aryl methyl sites for hydroxylation is 1. The van der Waals surface area contributed by atoms with Gasteiger partial charge >= 0.3 is 0 Å². The minimum Gasteiger partial charge on any atom is -0.326 e. The van der Waals surface area contributed by atoms with E-state index in [0.29, 0.717) is 17.3 Å². The highest BCUT2D eigenvalue weighted by atomic mass is 32.2. The molecular weight excluding hydrogens is 302 g/mol. The largest absolute Gasteiger partial charge is 0.326 e. The zero-order valence-corrected chi connectivity index (χ0v) is 13.1. The molecule has 0 fully saturated rings. The third-order valence-electron chi connectivity index (χ3n) is 2.71. The standard InChI is InChI=1S/C11H15N3O2S3/c1-8-10(17-7-13-8)6-14(2)19(15,16)11-4-3-9(5-12)18-11/h3-4,7H,5-6,12H2,1-2H3. The van der Waals surface area contributed by atoms with Gasteiger partial charge in [-0.05, 0) is 19.1 Å². The van der Waals surface area contributed by atoms with Crippen LogP contribution in [0.25, 0.3) is 0 Å². The highest BCUT2D eigenvalue weighted by Gasteiger charge is 2.23. The van der Waals surface area contributed by atoms with Gasteiger partial charge in [0.15, 0.2) is 0 Å². The number of sulfonamides is 1. The van der Waals surface area contributed by atoms with Crippen LogP contribution in [-0.4, -0.2) is 24.8 Å². The van der Waals surface area contributed by atoms with Crippen LogP contribution in [-0.2, 0) is 23.1 Å². The normalized spacial score (nSPS) is 12.2. The average molecular weight is 317 g/mol. The minimum absolute atomic E-state index is 0.331. The second kappa shape index (κ2) is 5.68. The van der Waals surface area contributed by atoms with Crippen molar-refractivity contribution in [2.24, 2.45) is 5.73 Å². The zero-order valence-electron chi connectivity index (χ0n) is 10.7. The fourth-order valence-electron chi connectivity index (χ4n) is 1.53. The molecule has 0 unspecified atom stereocenters. The van der Waals surface area contributed by atoms with Gasteiger partial charge in [-0.3, -0.25) is 0 Å². The monoisotopic (exact) mass is 317 g/mol. The summed E-state index contributed by atoms with van der Waals surface area (Å²) in [5, 5.41) is 0. The highest BCUT2D eigenvalue weighted by molar-refractivity contribution is 7.91. The van der Waals surface area contributed by atoms with Crippen molar-refractivity contribution in [3.63, 3.8) is 0 Å². The average Bonchev–Trinajstić information content (AvgIpc) is 2.99. The molecule has 5 nitrogen and oxygen atoms in total. The van der Waals surface area contributed by atoms with Gasteiger partial charge in [-0.15, -0.1) is 22.7 Å². The highest BCUT2D eigenvalue weighted by Crippen LogP contribution is 2.26. The Hall–Kier alpha value is -0.800. The number of hydrogen-bond acceptors (Lipinski definition) is 6. The summed E-state index contributed by atoms with van der Waals surface area (Å²) in [4.78, 5) is 5.95. The van der Waals surface area contributed by atoms with Gasteiger partial charge in [-0.2, -0.15) is 4.31 Å². The fraction of sp³-hybridized carbons (Fsp3) is 0.364. The molecule has 0 amide bonds. The van der Waals surface area contributed by atoms with E-state index in [4.69, 9.17) is 5.73 Å². The van der Waals surface area contributed by atoms with Gasteiger partial charge in [0.05, 0.1) is 11.2 Å². The zero-order chi connectivity index (χ0) is 14.0. The lowest BCUT2D eigenvalue weighted by molar-refractivity contribution is 0.470. The van der Waals surface area contributed by atoms with Crippen molar-refractivity contribution in [3.05, 3.63) is 33.1 Å². The Morgan fingerprint density at radius 2 is 2.16 bits per heavy atom. The molecular formula is C11H15N3O2S3. The molecule has 0 aliphatic rings. The van der Waals surface area contributed by atoms with Crippen molar-refractivity contribution in [2.75, 3.05) is 7.05 Å². The number of rotatable bonds is 5. The van der Waals surface area contributed by atoms with E-state index in [9.17, 15) is 8.42 Å². The van der Waals surface area contributed by atoms with Gasteiger partial charge < -0.3 is 5.73 Å². The lowest BCUT2D eigenvalue weighted by Crippen LogP contribution is -2.25. The molecule has 2 N–H and O–H groups in total. The van der Waals surface area contributed by atoms with Crippen LogP contribution in [0.2, 0.25) is 0 Å². The van der Waals surface area contributed by atoms with Crippen LogP contribution in [0.4, 0.5) is 0 Å². The summed E-state index contributed by atoms with van der Waals surface area (Å²) >= 11 is 2.68. The van der Waals surface area contributed by atoms with E-state index in [1.807, 2.05) is 6.92 Å². The Balaban J connectivity index is 2.22. The third kappa shape index (κ3) is 3.03. The molecule has 0 aliphatic heterocycles. The first-order valence-electron chi connectivity index (χ1n) is 5.59. The Bertz CT molecular complexity index is 660. The molecule has 2 rings (SSSR count). The first-order chi connectivity index (χ1) is 8.95. The van der Waals surface area contributed by atoms with Gasteiger partial charge in [0.25, 0.3) is 10.0 Å². The van der Waals surface area contributed by atoms with Crippen molar-refractivity contribution >= 4 is 32.7 Å². The molecule has 2 aromatic heterocycles. The molecule has 0 aliphatic carbocycles. The molecule has 0 spiro atoms. The van der Waals surface area contributed by atoms with Gasteiger partial charge in [0, 0.05) is 29.9 Å². The third-order valence-corrected chi connectivity index (χ3v) is 7.01. The van der Waals surface area contributed by atoms with Crippen LogP contribution in [0.15, 0.2) is 21.9 Å². The summed E-state index contributed by atoms with van der Waals surface area (Å²) in [6.07, 6.45) is 0. The van der Waals surface area contributed by atoms with Crippen molar-refractivity contribution in [2.45, 2.75) is 24.2 Å². The number of aromatic nitrogens is 1. The van der Waals surface area contributed by atoms with E-state index in [1.165, 1.54) is 27.0 Å². The Morgan fingerprint density at radius 3 is 2.68 bits per heavy atom. The van der Waals surface area contributed by atoms with Crippen LogP contribution >= 0.6 is 22.7 Å². The maximum atomic E-state index is 12.4. The summed E-state index contributed by atoms with van der Waals surface area (Å²) in [5.41, 5.74) is 8.11. The Kier molecular flexibility index (Phi) is 4.36. The number of nitrogens with zero attached hydrogens (tertiary/aromatic N) is 2. The molecule has 2 aromatic rings. The minimum atomic E-state index is -3.45. The van der Waals surface area contributed by atoms with E-state index >= 15 is 0 Å². The molecule has 2 heterocycles. The van der Waals surface area contributed by atoms with Crippen LogP contribution in [0.5, 0.6) is 0 Å². The number of thiophene rings is 1. The van der Waals surface area contributed by atoms with Gasteiger partial charge in [-0.1, -0.05) is 0 Å². The van der Waals surface area contributed by atoms with Crippen molar-refractivity contribution < 1.29 is 8.42 Å². The van der Waals surface area contributed by atoms with E-state index in [0.717, 1.165) is 15.4 Å². The van der Waals surface area contributed by atoms with E-state index in [-0.39, 0.29) is 0 Å². The first kappa shape index (κ1) is 14.6. The Morgan fingerprint density at radius 1 is 1.42 bits per heavy atom. The Labute approximate surface area is 120 Å². The van der Waals surface area contributed by atoms with Gasteiger partial charge in [-0.25, -0.2) is 13.4 Å². The molecule has 0 bridgehead atoms. The van der Waals surface area contributed by atoms with Crippen molar-refractivity contribution in [1.82, 2.24) is 9.29 Å². The summed E-state index contributed by atoms with van der Waals surface area (Å²) in [6, 6.07) is 3.36. The summed E-state index contributed by atoms with van der Waals surface area (Å²) in [5.74, 6) is 0. The lowest BCUT2D eigenvalue weighted by atomic mass is 10.4. The summed E-state index contributed by atoms with van der Waals surface area (Å²) < 4.78 is 26.4. The molecule has 0 radical (unpaired) electrons. The SMILES string of the molecule is Cc1ncsc1CN(C)S(=O)(=O)c1ccc(CN)s1. The predicted octanol–water partition coefficient (Wildman–Crippen LogP) is 1.79. The van der Waals surface area contributed by atoms with Crippen LogP contribution < -0.4 is 5.73 Å². The maximum Gasteiger partial charge on any atom is 0.252 e. The van der Waals surface area contributed by atoms with Crippen molar-refractivity contribution in [3.8, 4) is 0 Å². The number of hydrogen-bond donors (Lipinski definition) is 1. The topological polar surface area (TPSA) is 76.3 Å². The first-order valence-corrected chi connectivity index (χ1v) is 8.73.